The van der Waals surface area contributed by atoms with Crippen molar-refractivity contribution in [1.29, 1.82) is 0 Å². The molecule has 1 fully saturated rings. The number of benzene rings is 2. The number of aryl methyl sites for hydroxylation is 1. The fourth-order valence-corrected chi connectivity index (χ4v) is 3.41. The molecule has 166 valence electrons. The van der Waals surface area contributed by atoms with E-state index in [-0.39, 0.29) is 22.2 Å². The van der Waals surface area contributed by atoms with Gasteiger partial charge in [0.25, 0.3) is 11.8 Å². The number of ether oxygens (including phenoxy) is 2. The van der Waals surface area contributed by atoms with Crippen molar-refractivity contribution in [3.8, 4) is 11.5 Å². The summed E-state index contributed by atoms with van der Waals surface area (Å²) in [5, 5.41) is 11.6. The molecule has 0 unspecified atom stereocenters. The SMILES string of the molecule is COc1cc(/C=C2/C(=O)NC(=S)N(c3cccc(C)c3C)C2=O)ccc1O[C@H](C)C(=O)O. The predicted molar refractivity (Wildman–Crippen MR) is 123 cm³/mol. The van der Waals surface area contributed by atoms with E-state index in [0.29, 0.717) is 11.3 Å². The predicted octanol–water partition coefficient (Wildman–Crippen LogP) is 3.00. The average molecular weight is 455 g/mol. The zero-order valence-corrected chi connectivity index (χ0v) is 18.8. The van der Waals surface area contributed by atoms with Crippen LogP contribution >= 0.6 is 12.2 Å². The van der Waals surface area contributed by atoms with Crippen LogP contribution in [0, 0.1) is 13.8 Å². The van der Waals surface area contributed by atoms with Gasteiger partial charge in [-0.3, -0.25) is 19.8 Å². The third-order valence-corrected chi connectivity index (χ3v) is 5.35. The normalized spacial score (nSPS) is 16.1. The molecule has 9 heteroatoms. The van der Waals surface area contributed by atoms with Crippen molar-refractivity contribution in [2.24, 2.45) is 0 Å². The lowest BCUT2D eigenvalue weighted by atomic mass is 10.0. The summed E-state index contributed by atoms with van der Waals surface area (Å²) in [6.45, 7) is 5.20. The lowest BCUT2D eigenvalue weighted by Crippen LogP contribution is -2.54. The van der Waals surface area contributed by atoms with Crippen LogP contribution in [0.4, 0.5) is 5.69 Å². The first-order chi connectivity index (χ1) is 15.1. The van der Waals surface area contributed by atoms with Crippen LogP contribution in [-0.2, 0) is 14.4 Å². The smallest absolute Gasteiger partial charge is 0.344 e. The fourth-order valence-electron chi connectivity index (χ4n) is 3.13. The number of aliphatic carboxylic acids is 1. The molecular formula is C23H22N2O6S. The Labute approximate surface area is 190 Å². The van der Waals surface area contributed by atoms with Crippen molar-refractivity contribution >= 4 is 46.9 Å². The summed E-state index contributed by atoms with van der Waals surface area (Å²) in [6.07, 6.45) is 0.343. The molecule has 1 aliphatic heterocycles. The summed E-state index contributed by atoms with van der Waals surface area (Å²) in [4.78, 5) is 38.2. The third kappa shape index (κ3) is 4.47. The van der Waals surface area contributed by atoms with Gasteiger partial charge in [0.15, 0.2) is 22.7 Å². The molecule has 0 radical (unpaired) electrons. The molecule has 0 spiro atoms. The molecule has 0 saturated carbocycles. The second-order valence-corrected chi connectivity index (χ2v) is 7.57. The molecular weight excluding hydrogens is 432 g/mol. The van der Waals surface area contributed by atoms with E-state index < -0.39 is 23.9 Å². The van der Waals surface area contributed by atoms with Gasteiger partial charge < -0.3 is 14.6 Å². The highest BCUT2D eigenvalue weighted by Crippen LogP contribution is 2.31. The van der Waals surface area contributed by atoms with Gasteiger partial charge in [0.1, 0.15) is 5.57 Å². The van der Waals surface area contributed by atoms with E-state index in [0.717, 1.165) is 11.1 Å². The monoisotopic (exact) mass is 454 g/mol. The molecule has 2 aromatic carbocycles. The second-order valence-electron chi connectivity index (χ2n) is 7.19. The summed E-state index contributed by atoms with van der Waals surface area (Å²) >= 11 is 5.26. The van der Waals surface area contributed by atoms with Gasteiger partial charge in [-0.1, -0.05) is 18.2 Å². The first-order valence-corrected chi connectivity index (χ1v) is 10.1. The van der Waals surface area contributed by atoms with Crippen molar-refractivity contribution in [3.63, 3.8) is 0 Å². The van der Waals surface area contributed by atoms with E-state index in [2.05, 4.69) is 5.32 Å². The van der Waals surface area contributed by atoms with Gasteiger partial charge in [-0.15, -0.1) is 0 Å². The Bertz CT molecular complexity index is 1160. The molecule has 1 saturated heterocycles. The van der Waals surface area contributed by atoms with E-state index in [9.17, 15) is 14.4 Å². The largest absolute Gasteiger partial charge is 0.493 e. The molecule has 32 heavy (non-hydrogen) atoms. The molecule has 2 amide bonds. The van der Waals surface area contributed by atoms with Crippen LogP contribution in [0.25, 0.3) is 6.08 Å². The molecule has 2 aromatic rings. The van der Waals surface area contributed by atoms with Gasteiger partial charge in [0.05, 0.1) is 12.8 Å². The fraction of sp³-hybridized carbons (Fsp3) is 0.217. The number of nitrogens with zero attached hydrogens (tertiary/aromatic N) is 1. The van der Waals surface area contributed by atoms with Crippen molar-refractivity contribution in [3.05, 3.63) is 58.7 Å². The molecule has 1 aliphatic rings. The zero-order valence-electron chi connectivity index (χ0n) is 18.0. The van der Waals surface area contributed by atoms with Crippen molar-refractivity contribution in [2.75, 3.05) is 12.0 Å². The second kappa shape index (κ2) is 9.19. The topological polar surface area (TPSA) is 105 Å². The van der Waals surface area contributed by atoms with Crippen LogP contribution in [0.15, 0.2) is 42.0 Å². The number of methoxy groups -OCH3 is 1. The van der Waals surface area contributed by atoms with E-state index in [1.807, 2.05) is 26.0 Å². The molecule has 2 N–H and O–H groups in total. The highest BCUT2D eigenvalue weighted by Gasteiger charge is 2.35. The molecule has 0 aromatic heterocycles. The Morgan fingerprint density at radius 2 is 1.91 bits per heavy atom. The number of carbonyl (C=O) groups is 3. The quantitative estimate of drug-likeness (QED) is 0.393. The van der Waals surface area contributed by atoms with Gasteiger partial charge >= 0.3 is 5.97 Å². The summed E-state index contributed by atoms with van der Waals surface area (Å²) in [6, 6.07) is 10.2. The van der Waals surface area contributed by atoms with Crippen LogP contribution < -0.4 is 19.7 Å². The van der Waals surface area contributed by atoms with Crippen LogP contribution in [0.5, 0.6) is 11.5 Å². The number of hydrogen-bond acceptors (Lipinski definition) is 6. The van der Waals surface area contributed by atoms with E-state index >= 15 is 0 Å². The summed E-state index contributed by atoms with van der Waals surface area (Å²) < 4.78 is 10.7. The van der Waals surface area contributed by atoms with Crippen molar-refractivity contribution in [2.45, 2.75) is 26.9 Å². The molecule has 0 bridgehead atoms. The molecule has 8 nitrogen and oxygen atoms in total. The number of amides is 2. The first kappa shape index (κ1) is 23.0. The van der Waals surface area contributed by atoms with Crippen LogP contribution in [-0.4, -0.2) is 41.2 Å². The number of nitrogens with one attached hydrogen (secondary N) is 1. The van der Waals surface area contributed by atoms with Gasteiger partial charge in [-0.05, 0) is 74.0 Å². The van der Waals surface area contributed by atoms with Gasteiger partial charge in [0.2, 0.25) is 0 Å². The van der Waals surface area contributed by atoms with E-state index in [1.54, 1.807) is 18.2 Å². The Hall–Kier alpha value is -3.72. The summed E-state index contributed by atoms with van der Waals surface area (Å²) in [5.41, 5.74) is 2.83. The zero-order chi connectivity index (χ0) is 23.6. The molecule has 1 atom stereocenters. The molecule has 1 heterocycles. The molecule has 3 rings (SSSR count). The first-order valence-electron chi connectivity index (χ1n) is 9.69. The van der Waals surface area contributed by atoms with Crippen molar-refractivity contribution < 1.29 is 29.0 Å². The van der Waals surface area contributed by atoms with Gasteiger partial charge in [-0.2, -0.15) is 0 Å². The maximum Gasteiger partial charge on any atom is 0.344 e. The Morgan fingerprint density at radius 3 is 2.56 bits per heavy atom. The van der Waals surface area contributed by atoms with Crippen LogP contribution in [0.2, 0.25) is 0 Å². The number of carboxylic acids is 1. The lowest BCUT2D eigenvalue weighted by Gasteiger charge is -2.30. The Balaban J connectivity index is 1.99. The number of carboxylic acid groups (broad SMARTS) is 1. The minimum absolute atomic E-state index is 0.00911. The Kier molecular flexibility index (Phi) is 6.59. The highest BCUT2D eigenvalue weighted by molar-refractivity contribution is 7.80. The molecule has 0 aliphatic carbocycles. The maximum absolute atomic E-state index is 13.2. The summed E-state index contributed by atoms with van der Waals surface area (Å²) in [7, 11) is 1.41. The summed E-state index contributed by atoms with van der Waals surface area (Å²) in [5.74, 6) is -1.79. The third-order valence-electron chi connectivity index (χ3n) is 5.07. The van der Waals surface area contributed by atoms with E-state index in [4.69, 9.17) is 26.8 Å². The standard InChI is InChI=1S/C23H22N2O6S/c1-12-6-5-7-17(13(12)2)25-21(27)16(20(26)24-23(25)32)10-15-8-9-18(19(11-15)30-4)31-14(3)22(28)29/h5-11,14H,1-4H3,(H,28,29)(H,24,26,32)/b16-10-/t14-/m1/s1. The van der Waals surface area contributed by atoms with Crippen molar-refractivity contribution in [1.82, 2.24) is 5.32 Å². The van der Waals surface area contributed by atoms with Gasteiger partial charge in [0, 0.05) is 0 Å². The average Bonchev–Trinajstić information content (AvgIpc) is 2.74. The van der Waals surface area contributed by atoms with Crippen LogP contribution in [0.3, 0.4) is 0 Å². The number of hydrogen-bond donors (Lipinski definition) is 2. The number of carbonyl (C=O) groups excluding carboxylic acids is 2. The van der Waals surface area contributed by atoms with Gasteiger partial charge in [-0.25, -0.2) is 4.79 Å². The minimum Gasteiger partial charge on any atom is -0.493 e. The number of thiocarbonyl (C=S) groups is 1. The highest BCUT2D eigenvalue weighted by atomic mass is 32.1. The number of rotatable bonds is 6. The minimum atomic E-state index is -1.12. The Morgan fingerprint density at radius 1 is 1.19 bits per heavy atom. The van der Waals surface area contributed by atoms with Crippen LogP contribution in [0.1, 0.15) is 23.6 Å². The number of anilines is 1. The van der Waals surface area contributed by atoms with E-state index in [1.165, 1.54) is 31.1 Å². The maximum atomic E-state index is 13.2. The lowest BCUT2D eigenvalue weighted by molar-refractivity contribution is -0.144.